The molecule has 0 amide bonds. The molecule has 0 N–H and O–H groups in total. The summed E-state index contributed by atoms with van der Waals surface area (Å²) in [4.78, 5) is 0. The third-order valence-electron chi connectivity index (χ3n) is 8.60. The van der Waals surface area contributed by atoms with Crippen LogP contribution >= 0.6 is 15.8 Å². The first-order valence-electron chi connectivity index (χ1n) is 18.9. The summed E-state index contributed by atoms with van der Waals surface area (Å²) in [7, 11) is -13.7. The van der Waals surface area contributed by atoms with Crippen LogP contribution in [0.4, 0.5) is 34.5 Å². The molecule has 8 aromatic carbocycles. The quantitative estimate of drug-likeness (QED) is 0.0907. The Hall–Kier alpha value is -5.65. The van der Waals surface area contributed by atoms with E-state index >= 15 is 0 Å². The van der Waals surface area contributed by atoms with Crippen LogP contribution < -0.4 is 31.8 Å². The van der Waals surface area contributed by atoms with Crippen molar-refractivity contribution in [3.63, 3.8) is 0 Å². The smallest absolute Gasteiger partial charge is 0.418 e. The van der Waals surface area contributed by atoms with Crippen LogP contribution in [0.5, 0.6) is 0 Å². The maximum Gasteiger partial charge on any atom is 2.00 e. The van der Waals surface area contributed by atoms with Crippen molar-refractivity contribution in [1.82, 2.24) is 0 Å². The Morgan fingerprint density at radius 2 is 0.556 bits per heavy atom. The van der Waals surface area contributed by atoms with Crippen LogP contribution in [0.1, 0.15) is 13.8 Å². The Balaban J connectivity index is 0.000000540. The van der Waals surface area contributed by atoms with Crippen molar-refractivity contribution in [2.24, 2.45) is 0 Å². The van der Waals surface area contributed by atoms with Gasteiger partial charge in [-0.25, -0.2) is 0 Å². The van der Waals surface area contributed by atoms with Gasteiger partial charge in [0, 0.05) is 13.8 Å². The van der Waals surface area contributed by atoms with Crippen molar-refractivity contribution in [2.75, 3.05) is 0 Å². The summed E-state index contributed by atoms with van der Waals surface area (Å²) >= 11 is 0. The van der Waals surface area contributed by atoms with Crippen LogP contribution in [-0.2, 0) is 20.4 Å². The van der Waals surface area contributed by atoms with Crippen LogP contribution in [0.2, 0.25) is 0 Å². The van der Waals surface area contributed by atoms with Crippen LogP contribution in [0.15, 0.2) is 194 Å². The molecule has 0 heterocycles. The molecule has 8 rings (SSSR count). The average molecular weight is 985 g/mol. The van der Waals surface area contributed by atoms with Crippen molar-refractivity contribution in [2.45, 2.75) is 13.8 Å². The van der Waals surface area contributed by atoms with Gasteiger partial charge in [-0.05, 0) is 80.3 Å². The van der Waals surface area contributed by atoms with Gasteiger partial charge in [-0.15, -0.1) is 0 Å². The van der Waals surface area contributed by atoms with Crippen molar-refractivity contribution < 1.29 is 54.9 Å². The van der Waals surface area contributed by atoms with Gasteiger partial charge in [-0.1, -0.05) is 194 Å². The van der Waals surface area contributed by atoms with E-state index in [0.29, 0.717) is 0 Å². The summed E-state index contributed by atoms with van der Waals surface area (Å²) in [6, 6.07) is 75.3. The molecule has 0 saturated carbocycles. The molecule has 322 valence electrons. The number of fused-ring (bicyclic) bond motifs is 2. The Bertz CT molecular complexity index is 2420. The number of hydrogen-bond donors (Lipinski definition) is 0. The minimum absolute atomic E-state index is 0. The number of benzene rings is 8. The summed E-state index contributed by atoms with van der Waals surface area (Å²) in [6.07, 6.45) is 0. The molecule has 0 fully saturated rings. The zero-order valence-electron chi connectivity index (χ0n) is 33.8. The predicted octanol–water partition coefficient (Wildman–Crippen LogP) is 12.8. The molecule has 0 spiro atoms. The minimum atomic E-state index is -6.00. The predicted molar refractivity (Wildman–Crippen MR) is 247 cm³/mol. The van der Waals surface area contributed by atoms with E-state index in [9.17, 15) is 34.5 Å². The molecule has 0 radical (unpaired) electrons. The van der Waals surface area contributed by atoms with Crippen LogP contribution in [0.25, 0.3) is 32.7 Å². The van der Waals surface area contributed by atoms with E-state index in [1.807, 2.05) is 0 Å². The van der Waals surface area contributed by atoms with Gasteiger partial charge in [0.1, 0.15) is 0 Å². The molecular formula is C48H38B2F8N2P2Pd. The van der Waals surface area contributed by atoms with Gasteiger partial charge in [0.2, 0.25) is 0 Å². The fourth-order valence-electron chi connectivity index (χ4n) is 6.58. The maximum absolute atomic E-state index is 9.75. The van der Waals surface area contributed by atoms with Gasteiger partial charge < -0.3 is 34.5 Å². The van der Waals surface area contributed by atoms with E-state index in [4.69, 9.17) is 10.5 Å². The summed E-state index contributed by atoms with van der Waals surface area (Å²) in [5, 5.41) is 28.0. The Morgan fingerprint density at radius 1 is 0.349 bits per heavy atom. The Labute approximate surface area is 378 Å². The third-order valence-corrected chi connectivity index (χ3v) is 13.6. The fraction of sp³-hybridized carbons (Fsp3) is 0.0417. The summed E-state index contributed by atoms with van der Waals surface area (Å²) < 4.78 is 78.0. The molecule has 0 unspecified atom stereocenters. The van der Waals surface area contributed by atoms with Crippen molar-refractivity contribution >= 4 is 83.7 Å². The molecule has 2 nitrogen and oxygen atoms in total. The van der Waals surface area contributed by atoms with E-state index in [-0.39, 0.29) is 20.4 Å². The average Bonchev–Trinajstić information content (AvgIpc) is 3.25. The van der Waals surface area contributed by atoms with E-state index in [1.165, 1.54) is 78.3 Å². The van der Waals surface area contributed by atoms with E-state index in [0.717, 1.165) is 0 Å². The molecule has 15 heteroatoms. The molecule has 0 aromatic heterocycles. The van der Waals surface area contributed by atoms with Crippen molar-refractivity contribution in [1.29, 1.82) is 10.5 Å². The Kier molecular flexibility index (Phi) is 20.9. The van der Waals surface area contributed by atoms with Gasteiger partial charge in [0.15, 0.2) is 0 Å². The van der Waals surface area contributed by atoms with Crippen LogP contribution in [0.3, 0.4) is 0 Å². The number of halogens is 8. The van der Waals surface area contributed by atoms with Crippen LogP contribution in [0, 0.1) is 22.7 Å². The number of nitrogens with zero attached hydrogens (tertiary/aromatic N) is 2. The van der Waals surface area contributed by atoms with E-state index in [1.54, 1.807) is 12.1 Å². The second-order valence-corrected chi connectivity index (χ2v) is 17.2. The molecule has 0 aliphatic carbocycles. The Morgan fingerprint density at radius 3 is 0.794 bits per heavy atom. The van der Waals surface area contributed by atoms with Gasteiger partial charge in [0.25, 0.3) is 0 Å². The topological polar surface area (TPSA) is 47.6 Å². The first kappa shape index (κ1) is 51.7. The normalized spacial score (nSPS) is 10.5. The fourth-order valence-corrected chi connectivity index (χ4v) is 11.5. The first-order valence-corrected chi connectivity index (χ1v) is 21.6. The second kappa shape index (κ2) is 25.5. The van der Waals surface area contributed by atoms with Crippen LogP contribution in [-0.4, -0.2) is 14.5 Å². The van der Waals surface area contributed by atoms with Gasteiger partial charge in [-0.2, -0.15) is 10.5 Å². The summed E-state index contributed by atoms with van der Waals surface area (Å²) in [5.74, 6) is 0. The number of nitriles is 2. The zero-order chi connectivity index (χ0) is 45.1. The largest absolute Gasteiger partial charge is 2.00 e. The van der Waals surface area contributed by atoms with Gasteiger partial charge in [-0.3, -0.25) is 0 Å². The van der Waals surface area contributed by atoms with E-state index in [2.05, 4.69) is 194 Å². The number of hydrogen-bond acceptors (Lipinski definition) is 2. The zero-order valence-corrected chi connectivity index (χ0v) is 37.1. The van der Waals surface area contributed by atoms with Crippen molar-refractivity contribution in [3.8, 4) is 23.3 Å². The van der Waals surface area contributed by atoms with E-state index < -0.39 is 30.4 Å². The SMILES string of the molecule is CC#N.CC#N.F[B-](F)(F)F.F[B-](F)(F)F.[Pd+2].c1ccc(P(c2ccccc2)c2ccc3ccccc3c2-c2c(P(c3ccccc3)c3ccccc3)ccc3ccccc23)cc1. The molecule has 0 aliphatic rings. The molecule has 8 aromatic rings. The maximum atomic E-state index is 9.75. The minimum Gasteiger partial charge on any atom is -0.418 e. The monoisotopic (exact) mass is 984 g/mol. The summed E-state index contributed by atoms with van der Waals surface area (Å²) in [6.45, 7) is 2.86. The summed E-state index contributed by atoms with van der Waals surface area (Å²) in [5.41, 5.74) is 2.70. The number of rotatable bonds is 7. The standard InChI is InChI=1S/C44H32P2.2C2H3N.2BF4.Pd/c1-5-19-35(20-6-1)45(36-21-7-2-8-22-36)41-31-29-33-17-13-15-27-39(33)43(41)44-40-28-16-14-18-34(40)30-32-42(44)46(37-23-9-3-10-24-37)38-25-11-4-12-26-38;2*1-2-3;2*2-1(3,4)5;/h1-32H;2*1H3;;;/q;;;2*-1;+2. The van der Waals surface area contributed by atoms with Crippen molar-refractivity contribution in [3.05, 3.63) is 194 Å². The first-order chi connectivity index (χ1) is 29.7. The van der Waals surface area contributed by atoms with Gasteiger partial charge in [0.05, 0.1) is 12.1 Å². The molecule has 0 saturated heterocycles. The molecule has 0 bridgehead atoms. The van der Waals surface area contributed by atoms with Gasteiger partial charge >= 0.3 is 34.9 Å². The molecule has 0 atom stereocenters. The molecule has 63 heavy (non-hydrogen) atoms. The molecule has 0 aliphatic heterocycles. The second-order valence-electron chi connectivity index (χ2n) is 12.8. The molecular weight excluding hydrogens is 947 g/mol. The third kappa shape index (κ3) is 15.9.